The van der Waals surface area contributed by atoms with Gasteiger partial charge >= 0.3 is 33.3 Å². The van der Waals surface area contributed by atoms with Gasteiger partial charge in [-0.15, -0.1) is 0 Å². The van der Waals surface area contributed by atoms with Crippen LogP contribution in [0.25, 0.3) is 0 Å². The third-order valence-corrected chi connectivity index (χ3v) is 5.61. The van der Waals surface area contributed by atoms with Gasteiger partial charge in [0.25, 0.3) is 12.3 Å². The quantitative estimate of drug-likeness (QED) is 0.340. The largest absolute Gasteiger partial charge is 0.438 e. The summed E-state index contributed by atoms with van der Waals surface area (Å²) in [4.78, 5) is 0. The predicted octanol–water partition coefficient (Wildman–Crippen LogP) is 5.35. The summed E-state index contributed by atoms with van der Waals surface area (Å²) in [6, 6.07) is 0. The molecule has 0 fully saturated rings. The van der Waals surface area contributed by atoms with Gasteiger partial charge in [-0.2, -0.15) is 43.5 Å². The van der Waals surface area contributed by atoms with Gasteiger partial charge in [0.15, 0.2) is 0 Å². The molecule has 29 heavy (non-hydrogen) atoms. The van der Waals surface area contributed by atoms with Crippen LogP contribution in [0.3, 0.4) is 0 Å². The van der Waals surface area contributed by atoms with E-state index < -0.39 is 56.9 Å². The Balaban J connectivity index is 6.46. The molecule has 16 heteroatoms. The third-order valence-electron chi connectivity index (χ3n) is 4.71. The summed E-state index contributed by atoms with van der Waals surface area (Å²) in [6.07, 6.45) is -11.9. The Bertz CT molecular complexity index is 693. The Morgan fingerprint density at radius 3 is 1.55 bits per heavy atom. The predicted molar refractivity (Wildman–Crippen MR) is 75.5 cm³/mol. The summed E-state index contributed by atoms with van der Waals surface area (Å²) in [7, 11) is -7.40. The minimum absolute atomic E-state index is 0.227. The molecule has 0 aromatic rings. The van der Waals surface area contributed by atoms with Crippen LogP contribution >= 0.6 is 0 Å². The summed E-state index contributed by atoms with van der Waals surface area (Å²) >= 11 is 0. The molecule has 0 rings (SSSR count). The maximum absolute atomic E-state index is 14.5. The van der Waals surface area contributed by atoms with Crippen LogP contribution in [0.2, 0.25) is 0 Å². The number of halogens is 11. The van der Waals surface area contributed by atoms with Gasteiger partial charge in [-0.1, -0.05) is 34.1 Å². The SMILES string of the molecule is CCC(C)(C)C(C)C(F)(OC(F)(F)C(F)(F)C(F)(F)C(F)(F)S(=O)(=O)O)C(F)F. The van der Waals surface area contributed by atoms with Gasteiger partial charge in [0.05, 0.1) is 0 Å². The molecule has 4 nitrogen and oxygen atoms in total. The maximum atomic E-state index is 14.5. The van der Waals surface area contributed by atoms with Crippen molar-refractivity contribution >= 4 is 10.1 Å². The smallest absolute Gasteiger partial charge is 0.281 e. The van der Waals surface area contributed by atoms with Crippen LogP contribution in [-0.4, -0.2) is 48.5 Å². The van der Waals surface area contributed by atoms with Gasteiger partial charge < -0.3 is 0 Å². The molecule has 0 aromatic carbocycles. The lowest BCUT2D eigenvalue weighted by atomic mass is 9.74. The number of hydrogen-bond acceptors (Lipinski definition) is 3. The zero-order valence-electron chi connectivity index (χ0n) is 15.1. The molecule has 0 saturated heterocycles. The molecule has 0 radical (unpaired) electrons. The van der Waals surface area contributed by atoms with Gasteiger partial charge in [-0.3, -0.25) is 9.29 Å². The molecular weight excluding hydrogens is 461 g/mol. The average Bonchev–Trinajstić information content (AvgIpc) is 2.51. The fraction of sp³-hybridized carbons (Fsp3) is 1.00. The highest BCUT2D eigenvalue weighted by molar-refractivity contribution is 7.87. The van der Waals surface area contributed by atoms with E-state index in [-0.39, 0.29) is 6.42 Å². The van der Waals surface area contributed by atoms with Crippen LogP contribution in [0.4, 0.5) is 48.3 Å². The number of hydrogen-bond donors (Lipinski definition) is 1. The van der Waals surface area contributed by atoms with E-state index in [0.717, 1.165) is 13.8 Å². The van der Waals surface area contributed by atoms with Crippen molar-refractivity contribution in [1.29, 1.82) is 0 Å². The van der Waals surface area contributed by atoms with Crippen molar-refractivity contribution in [3.8, 4) is 0 Å². The van der Waals surface area contributed by atoms with Crippen molar-refractivity contribution in [3.05, 3.63) is 0 Å². The van der Waals surface area contributed by atoms with Crippen molar-refractivity contribution in [2.45, 2.75) is 69.6 Å². The molecule has 0 aromatic heterocycles. The zero-order chi connectivity index (χ0) is 24.1. The van der Waals surface area contributed by atoms with E-state index in [1.54, 1.807) is 0 Å². The normalized spacial score (nSPS) is 18.7. The van der Waals surface area contributed by atoms with Gasteiger partial charge in [0.2, 0.25) is 0 Å². The fourth-order valence-corrected chi connectivity index (χ4v) is 2.40. The lowest BCUT2D eigenvalue weighted by Gasteiger charge is -2.43. The minimum atomic E-state index is -7.61. The number of rotatable bonds is 10. The molecule has 0 heterocycles. The molecule has 0 aliphatic carbocycles. The summed E-state index contributed by atoms with van der Waals surface area (Å²) in [5.41, 5.74) is -1.67. The topological polar surface area (TPSA) is 63.6 Å². The molecule has 0 spiro atoms. The zero-order valence-corrected chi connectivity index (χ0v) is 15.9. The number of alkyl halides is 11. The van der Waals surface area contributed by atoms with E-state index in [4.69, 9.17) is 4.55 Å². The molecule has 1 N–H and O–H groups in total. The molecule has 0 aliphatic heterocycles. The van der Waals surface area contributed by atoms with E-state index in [0.29, 0.717) is 6.92 Å². The van der Waals surface area contributed by atoms with Crippen molar-refractivity contribution in [2.75, 3.05) is 0 Å². The van der Waals surface area contributed by atoms with E-state index >= 15 is 0 Å². The van der Waals surface area contributed by atoms with Gasteiger partial charge in [0.1, 0.15) is 0 Å². The monoisotopic (exact) mass is 478 g/mol. The summed E-state index contributed by atoms with van der Waals surface area (Å²) < 4.78 is 179. The highest BCUT2D eigenvalue weighted by Gasteiger charge is 2.86. The Morgan fingerprint density at radius 1 is 0.897 bits per heavy atom. The lowest BCUT2D eigenvalue weighted by molar-refractivity contribution is -0.467. The van der Waals surface area contributed by atoms with Crippen LogP contribution in [0.5, 0.6) is 0 Å². The first-order valence-corrected chi connectivity index (χ1v) is 8.96. The fourth-order valence-electron chi connectivity index (χ4n) is 1.95. The molecule has 0 saturated carbocycles. The standard InChI is InChI=1S/C13H17F11O4S/c1-5-8(3,4)6(2)9(16,7(14)15)28-12(21,22)10(17,18)11(19,20)13(23,24)29(25,26)27/h6-7H,5H2,1-4H3,(H,25,26,27). The van der Waals surface area contributed by atoms with E-state index in [1.807, 2.05) is 0 Å². The Morgan fingerprint density at radius 2 is 1.28 bits per heavy atom. The Kier molecular flexibility index (Phi) is 7.42. The molecule has 176 valence electrons. The number of ether oxygens (including phenoxy) is 1. The van der Waals surface area contributed by atoms with Crippen LogP contribution in [0.1, 0.15) is 34.1 Å². The summed E-state index contributed by atoms with van der Waals surface area (Å²) in [6.45, 7) is 3.76. The Labute approximate surface area is 158 Å². The van der Waals surface area contributed by atoms with Crippen molar-refractivity contribution in [2.24, 2.45) is 11.3 Å². The van der Waals surface area contributed by atoms with Crippen molar-refractivity contribution in [3.63, 3.8) is 0 Å². The van der Waals surface area contributed by atoms with E-state index in [9.17, 15) is 56.7 Å². The highest BCUT2D eigenvalue weighted by atomic mass is 32.2. The molecule has 0 aliphatic rings. The third kappa shape index (κ3) is 4.43. The van der Waals surface area contributed by atoms with Crippen molar-refractivity contribution < 1.29 is 66.0 Å². The van der Waals surface area contributed by atoms with Crippen molar-refractivity contribution in [1.82, 2.24) is 0 Å². The second-order valence-corrected chi connectivity index (χ2v) is 8.28. The lowest BCUT2D eigenvalue weighted by Crippen LogP contribution is -2.67. The van der Waals surface area contributed by atoms with Crippen LogP contribution in [0.15, 0.2) is 0 Å². The van der Waals surface area contributed by atoms with E-state index in [2.05, 4.69) is 4.74 Å². The summed E-state index contributed by atoms with van der Waals surface area (Å²) in [5, 5.41) is -7.21. The molecule has 0 amide bonds. The van der Waals surface area contributed by atoms with Crippen LogP contribution in [-0.2, 0) is 14.9 Å². The van der Waals surface area contributed by atoms with Gasteiger partial charge in [0, 0.05) is 5.92 Å². The average molecular weight is 478 g/mol. The summed E-state index contributed by atoms with van der Waals surface area (Å²) in [5.74, 6) is -22.6. The molecule has 2 unspecified atom stereocenters. The van der Waals surface area contributed by atoms with Crippen LogP contribution in [0, 0.1) is 11.3 Å². The second-order valence-electron chi connectivity index (χ2n) is 6.82. The first kappa shape index (κ1) is 28.1. The van der Waals surface area contributed by atoms with Gasteiger partial charge in [-0.25, -0.2) is 13.2 Å². The van der Waals surface area contributed by atoms with Crippen LogP contribution < -0.4 is 0 Å². The maximum Gasteiger partial charge on any atom is 0.438 e. The minimum Gasteiger partial charge on any atom is -0.281 e. The Hall–Kier alpha value is -0.900. The highest BCUT2D eigenvalue weighted by Crippen LogP contribution is 2.57. The molecular formula is C13H17F11O4S. The first-order chi connectivity index (χ1) is 12.4. The second kappa shape index (κ2) is 7.66. The molecule has 0 bridgehead atoms. The first-order valence-electron chi connectivity index (χ1n) is 7.52. The van der Waals surface area contributed by atoms with Gasteiger partial charge in [-0.05, 0) is 5.41 Å². The molecule has 2 atom stereocenters. The van der Waals surface area contributed by atoms with E-state index in [1.165, 1.54) is 6.92 Å².